The number of furan rings is 1. The summed E-state index contributed by atoms with van der Waals surface area (Å²) in [5, 5.41) is 5.70. The summed E-state index contributed by atoms with van der Waals surface area (Å²) in [6.45, 7) is 3.40. The van der Waals surface area contributed by atoms with Crippen molar-refractivity contribution in [3.63, 3.8) is 0 Å². The zero-order valence-electron chi connectivity index (χ0n) is 19.3. The van der Waals surface area contributed by atoms with E-state index in [1.165, 1.54) is 11.3 Å². The van der Waals surface area contributed by atoms with Crippen molar-refractivity contribution >= 4 is 33.1 Å². The average Bonchev–Trinajstić information content (AvgIpc) is 3.60. The van der Waals surface area contributed by atoms with Crippen LogP contribution in [0.5, 0.6) is 16.7 Å². The van der Waals surface area contributed by atoms with E-state index in [2.05, 4.69) is 15.0 Å². The minimum atomic E-state index is 0.310. The average molecular weight is 494 g/mol. The molecule has 0 spiro atoms. The van der Waals surface area contributed by atoms with Crippen LogP contribution < -0.4 is 19.1 Å². The van der Waals surface area contributed by atoms with Crippen LogP contribution in [0.4, 0.5) is 5.82 Å². The highest BCUT2D eigenvalue weighted by molar-refractivity contribution is 7.18. The van der Waals surface area contributed by atoms with Gasteiger partial charge in [-0.1, -0.05) is 6.07 Å². The molecular formula is C24H23N5O5S. The SMILES string of the molecule is COc1cc(OCc2cccc(N3CCOCC3)n2)c2cc(-c3cn4nc(OC)sc4n3)oc2c1. The van der Waals surface area contributed by atoms with Crippen molar-refractivity contribution in [2.75, 3.05) is 45.4 Å². The second-order valence-electron chi connectivity index (χ2n) is 7.95. The summed E-state index contributed by atoms with van der Waals surface area (Å²) in [4.78, 5) is 12.3. The third-order valence-electron chi connectivity index (χ3n) is 5.76. The Morgan fingerprint density at radius 1 is 1.06 bits per heavy atom. The number of methoxy groups -OCH3 is 2. The highest BCUT2D eigenvalue weighted by atomic mass is 32.1. The molecule has 35 heavy (non-hydrogen) atoms. The number of hydrogen-bond donors (Lipinski definition) is 0. The van der Waals surface area contributed by atoms with Gasteiger partial charge in [0, 0.05) is 25.2 Å². The van der Waals surface area contributed by atoms with E-state index in [9.17, 15) is 0 Å². The molecular weight excluding hydrogens is 470 g/mol. The van der Waals surface area contributed by atoms with E-state index >= 15 is 0 Å². The Kier molecular flexibility index (Phi) is 5.63. The molecule has 1 aromatic carbocycles. The van der Waals surface area contributed by atoms with Crippen molar-refractivity contribution in [3.05, 3.63) is 48.3 Å². The maximum Gasteiger partial charge on any atom is 0.294 e. The quantitative estimate of drug-likeness (QED) is 0.333. The largest absolute Gasteiger partial charge is 0.496 e. The predicted octanol–water partition coefficient (Wildman–Crippen LogP) is 4.03. The van der Waals surface area contributed by atoms with Crippen LogP contribution in [-0.2, 0) is 11.3 Å². The molecule has 4 aromatic heterocycles. The molecule has 5 heterocycles. The standard InChI is InChI=1S/C24H23N5O5S/c1-30-16-10-19(33-14-15-4-3-5-22(25-15)28-6-8-32-9-7-28)17-12-21(34-20(17)11-16)18-13-29-23(26-18)35-24(27-29)31-2/h3-5,10-13H,6-9,14H2,1-2H3. The van der Waals surface area contributed by atoms with E-state index in [1.54, 1.807) is 18.7 Å². The minimum Gasteiger partial charge on any atom is -0.496 e. The number of aromatic nitrogens is 4. The highest BCUT2D eigenvalue weighted by Gasteiger charge is 2.18. The van der Waals surface area contributed by atoms with Crippen LogP contribution in [0, 0.1) is 0 Å². The lowest BCUT2D eigenvalue weighted by Gasteiger charge is -2.28. The molecule has 10 nitrogen and oxygen atoms in total. The van der Waals surface area contributed by atoms with E-state index in [0.717, 1.165) is 34.9 Å². The van der Waals surface area contributed by atoms with Crippen LogP contribution in [0.15, 0.2) is 47.0 Å². The van der Waals surface area contributed by atoms with Crippen molar-refractivity contribution in [2.45, 2.75) is 6.61 Å². The molecule has 1 aliphatic heterocycles. The van der Waals surface area contributed by atoms with Gasteiger partial charge in [-0.3, -0.25) is 0 Å². The second kappa shape index (κ2) is 9.08. The third kappa shape index (κ3) is 4.24. The molecule has 0 atom stereocenters. The number of rotatable bonds is 7. The van der Waals surface area contributed by atoms with Crippen molar-refractivity contribution in [2.24, 2.45) is 0 Å². The first kappa shape index (κ1) is 21.7. The predicted molar refractivity (Wildman–Crippen MR) is 131 cm³/mol. The molecule has 0 aliphatic carbocycles. The Labute approximate surface area is 204 Å². The maximum absolute atomic E-state index is 6.22. The molecule has 0 amide bonds. The summed E-state index contributed by atoms with van der Waals surface area (Å²) in [7, 11) is 3.20. The van der Waals surface area contributed by atoms with E-state index in [0.29, 0.717) is 53.6 Å². The van der Waals surface area contributed by atoms with Gasteiger partial charge in [0.2, 0.25) is 4.96 Å². The van der Waals surface area contributed by atoms with Crippen LogP contribution in [0.3, 0.4) is 0 Å². The van der Waals surface area contributed by atoms with Gasteiger partial charge < -0.3 is 28.3 Å². The summed E-state index contributed by atoms with van der Waals surface area (Å²) in [6, 6.07) is 11.6. The van der Waals surface area contributed by atoms with E-state index < -0.39 is 0 Å². The van der Waals surface area contributed by atoms with Gasteiger partial charge in [-0.05, 0) is 29.5 Å². The smallest absolute Gasteiger partial charge is 0.294 e. The lowest BCUT2D eigenvalue weighted by molar-refractivity contribution is 0.122. The van der Waals surface area contributed by atoms with E-state index in [1.807, 2.05) is 42.6 Å². The number of hydrogen-bond acceptors (Lipinski definition) is 10. The van der Waals surface area contributed by atoms with Gasteiger partial charge in [-0.25, -0.2) is 14.5 Å². The molecule has 180 valence electrons. The Balaban J connectivity index is 1.28. The molecule has 0 N–H and O–H groups in total. The number of anilines is 1. The van der Waals surface area contributed by atoms with Crippen LogP contribution in [0.25, 0.3) is 27.4 Å². The first-order chi connectivity index (χ1) is 17.2. The number of pyridine rings is 1. The van der Waals surface area contributed by atoms with Gasteiger partial charge in [0.05, 0.1) is 44.7 Å². The zero-order valence-corrected chi connectivity index (χ0v) is 20.1. The van der Waals surface area contributed by atoms with Gasteiger partial charge in [0.25, 0.3) is 5.19 Å². The third-order valence-corrected chi connectivity index (χ3v) is 6.65. The second-order valence-corrected chi connectivity index (χ2v) is 8.87. The van der Waals surface area contributed by atoms with Crippen molar-refractivity contribution in [1.82, 2.24) is 19.6 Å². The van der Waals surface area contributed by atoms with Crippen LogP contribution in [0.1, 0.15) is 5.69 Å². The Morgan fingerprint density at radius 2 is 1.94 bits per heavy atom. The number of ether oxygens (including phenoxy) is 4. The lowest BCUT2D eigenvalue weighted by Crippen LogP contribution is -2.36. The molecule has 0 unspecified atom stereocenters. The normalized spacial score (nSPS) is 14.1. The van der Waals surface area contributed by atoms with Crippen molar-refractivity contribution in [1.29, 1.82) is 0 Å². The van der Waals surface area contributed by atoms with Crippen molar-refractivity contribution in [3.8, 4) is 28.1 Å². The fraction of sp³-hybridized carbons (Fsp3) is 0.292. The van der Waals surface area contributed by atoms with Gasteiger partial charge in [-0.15, -0.1) is 5.10 Å². The lowest BCUT2D eigenvalue weighted by atomic mass is 10.2. The van der Waals surface area contributed by atoms with Gasteiger partial charge in [-0.2, -0.15) is 0 Å². The zero-order chi connectivity index (χ0) is 23.8. The summed E-state index contributed by atoms with van der Waals surface area (Å²) in [6.07, 6.45) is 1.81. The van der Waals surface area contributed by atoms with Gasteiger partial charge >= 0.3 is 0 Å². The first-order valence-electron chi connectivity index (χ1n) is 11.1. The number of fused-ring (bicyclic) bond motifs is 2. The summed E-state index contributed by atoms with van der Waals surface area (Å²) in [5.74, 6) is 2.83. The minimum absolute atomic E-state index is 0.310. The molecule has 5 aromatic rings. The number of imidazole rings is 1. The molecule has 0 bridgehead atoms. The molecule has 0 saturated carbocycles. The molecule has 0 radical (unpaired) electrons. The fourth-order valence-corrected chi connectivity index (χ4v) is 4.70. The summed E-state index contributed by atoms with van der Waals surface area (Å²) in [5.41, 5.74) is 2.15. The first-order valence-corrected chi connectivity index (χ1v) is 12.0. The van der Waals surface area contributed by atoms with E-state index in [4.69, 9.17) is 28.3 Å². The topological polar surface area (TPSA) is 96.4 Å². The fourth-order valence-electron chi connectivity index (χ4n) is 4.00. The Morgan fingerprint density at radius 3 is 2.74 bits per heavy atom. The highest BCUT2D eigenvalue weighted by Crippen LogP contribution is 2.37. The van der Waals surface area contributed by atoms with Crippen LogP contribution in [-0.4, -0.2) is 60.1 Å². The monoisotopic (exact) mass is 493 g/mol. The number of benzene rings is 1. The number of nitrogens with zero attached hydrogens (tertiary/aromatic N) is 5. The summed E-state index contributed by atoms with van der Waals surface area (Å²) >= 11 is 1.36. The van der Waals surface area contributed by atoms with Crippen LogP contribution >= 0.6 is 11.3 Å². The van der Waals surface area contributed by atoms with Gasteiger partial charge in [0.1, 0.15) is 35.2 Å². The molecule has 1 aliphatic rings. The van der Waals surface area contributed by atoms with E-state index in [-0.39, 0.29) is 0 Å². The van der Waals surface area contributed by atoms with Gasteiger partial charge in [0.15, 0.2) is 5.76 Å². The molecule has 11 heteroatoms. The van der Waals surface area contributed by atoms with Crippen LogP contribution in [0.2, 0.25) is 0 Å². The Hall–Kier alpha value is -3.83. The Bertz CT molecular complexity index is 1460. The summed E-state index contributed by atoms with van der Waals surface area (Å²) < 4.78 is 30.1. The molecule has 6 rings (SSSR count). The molecule has 1 saturated heterocycles. The van der Waals surface area contributed by atoms with Crippen molar-refractivity contribution < 1.29 is 23.4 Å². The molecule has 1 fully saturated rings. The number of morpholine rings is 1. The maximum atomic E-state index is 6.22.